The highest BCUT2D eigenvalue weighted by molar-refractivity contribution is 5.97. The van der Waals surface area contributed by atoms with E-state index in [0.29, 0.717) is 30.0 Å². The molecule has 0 aliphatic heterocycles. The molecular formula is C33H29FN2O. The standard InChI is InChI=1S/C33H29FN2O/c1-25-29(23-32(28-17-9-4-10-18-28)36(25)31-20-12-11-19-30(31)34)33(37)35(24-27-15-7-3-8-16-27)22-21-26-13-5-2-6-14-26/h2-20,23H,21-22,24H2,1H3. The van der Waals surface area contributed by atoms with Crippen LogP contribution in [-0.4, -0.2) is 21.9 Å². The first-order chi connectivity index (χ1) is 18.1. The van der Waals surface area contributed by atoms with Crippen molar-refractivity contribution in [2.24, 2.45) is 0 Å². The molecular weight excluding hydrogens is 459 g/mol. The number of hydrogen-bond donors (Lipinski definition) is 0. The number of carbonyl (C=O) groups is 1. The molecule has 1 aromatic heterocycles. The number of carbonyl (C=O) groups excluding carboxylic acids is 1. The molecule has 0 bridgehead atoms. The van der Waals surface area contributed by atoms with Crippen LogP contribution in [0.3, 0.4) is 0 Å². The lowest BCUT2D eigenvalue weighted by Crippen LogP contribution is -2.32. The van der Waals surface area contributed by atoms with E-state index in [1.165, 1.54) is 11.6 Å². The molecule has 0 saturated carbocycles. The van der Waals surface area contributed by atoms with Crippen LogP contribution in [0.25, 0.3) is 16.9 Å². The van der Waals surface area contributed by atoms with Crippen LogP contribution < -0.4 is 0 Å². The molecule has 0 aliphatic carbocycles. The van der Waals surface area contributed by atoms with Gasteiger partial charge in [0.15, 0.2) is 0 Å². The van der Waals surface area contributed by atoms with E-state index in [9.17, 15) is 9.18 Å². The maximum atomic E-state index is 15.0. The van der Waals surface area contributed by atoms with Crippen molar-refractivity contribution in [1.82, 2.24) is 9.47 Å². The molecule has 37 heavy (non-hydrogen) atoms. The second kappa shape index (κ2) is 11.1. The minimum Gasteiger partial charge on any atom is -0.334 e. The fraction of sp³-hybridized carbons (Fsp3) is 0.121. The first-order valence-corrected chi connectivity index (χ1v) is 12.5. The molecule has 0 N–H and O–H groups in total. The summed E-state index contributed by atoms with van der Waals surface area (Å²) in [5.41, 5.74) is 5.67. The first-order valence-electron chi connectivity index (χ1n) is 12.5. The van der Waals surface area contributed by atoms with Gasteiger partial charge in [0.2, 0.25) is 0 Å². The van der Waals surface area contributed by atoms with Gasteiger partial charge in [-0.2, -0.15) is 0 Å². The molecule has 5 aromatic rings. The Bertz CT molecular complexity index is 1480. The quantitative estimate of drug-likeness (QED) is 0.222. The zero-order valence-electron chi connectivity index (χ0n) is 20.8. The predicted molar refractivity (Wildman–Crippen MR) is 147 cm³/mol. The number of para-hydroxylation sites is 1. The number of benzene rings is 4. The zero-order chi connectivity index (χ0) is 25.6. The highest BCUT2D eigenvalue weighted by Crippen LogP contribution is 2.31. The second-order valence-electron chi connectivity index (χ2n) is 9.13. The van der Waals surface area contributed by atoms with Crippen molar-refractivity contribution in [3.8, 4) is 16.9 Å². The topological polar surface area (TPSA) is 25.2 Å². The Labute approximate surface area is 217 Å². The molecule has 0 aliphatic rings. The lowest BCUT2D eigenvalue weighted by molar-refractivity contribution is 0.0744. The molecule has 0 unspecified atom stereocenters. The highest BCUT2D eigenvalue weighted by atomic mass is 19.1. The Morgan fingerprint density at radius 1 is 0.757 bits per heavy atom. The summed E-state index contributed by atoms with van der Waals surface area (Å²) in [7, 11) is 0. The van der Waals surface area contributed by atoms with Gasteiger partial charge in [0.05, 0.1) is 16.9 Å². The Kier molecular flexibility index (Phi) is 7.27. The van der Waals surface area contributed by atoms with E-state index in [0.717, 1.165) is 23.2 Å². The van der Waals surface area contributed by atoms with E-state index in [2.05, 4.69) is 12.1 Å². The summed E-state index contributed by atoms with van der Waals surface area (Å²) in [6, 6.07) is 38.6. The van der Waals surface area contributed by atoms with E-state index >= 15 is 0 Å². The van der Waals surface area contributed by atoms with Crippen LogP contribution in [0.1, 0.15) is 27.2 Å². The van der Waals surface area contributed by atoms with Crippen LogP contribution >= 0.6 is 0 Å². The number of amides is 1. The van der Waals surface area contributed by atoms with Gasteiger partial charge in [-0.15, -0.1) is 0 Å². The molecule has 184 valence electrons. The molecule has 4 heteroatoms. The molecule has 0 saturated heterocycles. The maximum Gasteiger partial charge on any atom is 0.256 e. The second-order valence-corrected chi connectivity index (χ2v) is 9.13. The lowest BCUT2D eigenvalue weighted by atomic mass is 10.1. The van der Waals surface area contributed by atoms with Crippen molar-refractivity contribution in [2.75, 3.05) is 6.54 Å². The summed E-state index contributed by atoms with van der Waals surface area (Å²) in [6.45, 7) is 2.96. The van der Waals surface area contributed by atoms with Crippen molar-refractivity contribution in [3.63, 3.8) is 0 Å². The molecule has 5 rings (SSSR count). The minimum absolute atomic E-state index is 0.0652. The minimum atomic E-state index is -0.331. The van der Waals surface area contributed by atoms with Crippen molar-refractivity contribution >= 4 is 5.91 Å². The Morgan fingerprint density at radius 2 is 1.32 bits per heavy atom. The van der Waals surface area contributed by atoms with Gasteiger partial charge in [0, 0.05) is 18.8 Å². The molecule has 1 amide bonds. The average Bonchev–Trinajstić information content (AvgIpc) is 3.29. The molecule has 0 fully saturated rings. The van der Waals surface area contributed by atoms with Crippen LogP contribution in [0.5, 0.6) is 0 Å². The van der Waals surface area contributed by atoms with E-state index < -0.39 is 0 Å². The van der Waals surface area contributed by atoms with Gasteiger partial charge in [-0.25, -0.2) is 4.39 Å². The van der Waals surface area contributed by atoms with Crippen molar-refractivity contribution in [1.29, 1.82) is 0 Å². The summed E-state index contributed by atoms with van der Waals surface area (Å²) in [6.07, 6.45) is 0.748. The van der Waals surface area contributed by atoms with Gasteiger partial charge in [0.25, 0.3) is 5.91 Å². The van der Waals surface area contributed by atoms with Gasteiger partial charge in [-0.3, -0.25) is 4.79 Å². The summed E-state index contributed by atoms with van der Waals surface area (Å²) < 4.78 is 16.9. The van der Waals surface area contributed by atoms with Crippen molar-refractivity contribution in [2.45, 2.75) is 19.9 Å². The average molecular weight is 489 g/mol. The Hall–Kier alpha value is -4.44. The van der Waals surface area contributed by atoms with Crippen molar-refractivity contribution in [3.05, 3.63) is 150 Å². The molecule has 0 atom stereocenters. The lowest BCUT2D eigenvalue weighted by Gasteiger charge is -2.23. The van der Waals surface area contributed by atoms with E-state index in [4.69, 9.17) is 0 Å². The van der Waals surface area contributed by atoms with Gasteiger partial charge in [0.1, 0.15) is 5.82 Å². The summed E-state index contributed by atoms with van der Waals surface area (Å²) >= 11 is 0. The van der Waals surface area contributed by atoms with E-state index in [1.807, 2.05) is 107 Å². The van der Waals surface area contributed by atoms with Gasteiger partial charge < -0.3 is 9.47 Å². The smallest absolute Gasteiger partial charge is 0.256 e. The number of halogens is 1. The van der Waals surface area contributed by atoms with Crippen LogP contribution in [-0.2, 0) is 13.0 Å². The summed E-state index contributed by atoms with van der Waals surface area (Å²) in [5.74, 6) is -0.396. The summed E-state index contributed by atoms with van der Waals surface area (Å²) in [5, 5.41) is 0. The number of rotatable bonds is 8. The normalized spacial score (nSPS) is 10.9. The van der Waals surface area contributed by atoms with Crippen LogP contribution in [0, 0.1) is 12.7 Å². The Balaban J connectivity index is 1.57. The number of hydrogen-bond acceptors (Lipinski definition) is 1. The molecule has 0 radical (unpaired) electrons. The molecule has 1 heterocycles. The van der Waals surface area contributed by atoms with Crippen LogP contribution in [0.4, 0.5) is 4.39 Å². The predicted octanol–water partition coefficient (Wildman–Crippen LogP) is 7.48. The maximum absolute atomic E-state index is 15.0. The third kappa shape index (κ3) is 5.39. The van der Waals surface area contributed by atoms with E-state index in [-0.39, 0.29) is 11.7 Å². The van der Waals surface area contributed by atoms with Crippen molar-refractivity contribution < 1.29 is 9.18 Å². The summed E-state index contributed by atoms with van der Waals surface area (Å²) in [4.78, 5) is 16.0. The van der Waals surface area contributed by atoms with Crippen LogP contribution in [0.15, 0.2) is 121 Å². The number of aromatic nitrogens is 1. The third-order valence-corrected chi connectivity index (χ3v) is 6.66. The van der Waals surface area contributed by atoms with E-state index in [1.54, 1.807) is 12.1 Å². The highest BCUT2D eigenvalue weighted by Gasteiger charge is 2.25. The largest absolute Gasteiger partial charge is 0.334 e. The molecule has 0 spiro atoms. The Morgan fingerprint density at radius 3 is 1.97 bits per heavy atom. The first kappa shape index (κ1) is 24.3. The van der Waals surface area contributed by atoms with Gasteiger partial charge >= 0.3 is 0 Å². The van der Waals surface area contributed by atoms with Crippen LogP contribution in [0.2, 0.25) is 0 Å². The van der Waals surface area contributed by atoms with Gasteiger partial charge in [-0.1, -0.05) is 103 Å². The zero-order valence-corrected chi connectivity index (χ0v) is 20.8. The molecule has 4 aromatic carbocycles. The monoisotopic (exact) mass is 488 g/mol. The fourth-order valence-electron chi connectivity index (χ4n) is 4.72. The molecule has 3 nitrogen and oxygen atoms in total. The SMILES string of the molecule is Cc1c(C(=O)N(CCc2ccccc2)Cc2ccccc2)cc(-c2ccccc2)n1-c1ccccc1F. The number of nitrogens with zero attached hydrogens (tertiary/aromatic N) is 2. The van der Waals surface area contributed by atoms with Gasteiger partial charge in [-0.05, 0) is 48.2 Å². The fourth-order valence-corrected chi connectivity index (χ4v) is 4.72. The third-order valence-electron chi connectivity index (χ3n) is 6.66.